The Balaban J connectivity index is 2.17. The highest BCUT2D eigenvalue weighted by atomic mass is 16.5. The van der Waals surface area contributed by atoms with E-state index in [9.17, 15) is 0 Å². The van der Waals surface area contributed by atoms with Crippen LogP contribution in [0, 0.1) is 5.41 Å². The number of nitrogens with two attached hydrogens (primary N) is 1. The van der Waals surface area contributed by atoms with Crippen molar-refractivity contribution in [2.75, 3.05) is 0 Å². The molecule has 0 bridgehead atoms. The fourth-order valence-electron chi connectivity index (χ4n) is 1.34. The molecule has 1 heterocycles. The topological polar surface area (TPSA) is 72.0 Å². The molecule has 1 aliphatic carbocycles. The van der Waals surface area contributed by atoms with Crippen LogP contribution in [0.5, 0.6) is 5.88 Å². The lowest BCUT2D eigenvalue weighted by molar-refractivity contribution is 0.114. The Morgan fingerprint density at radius 3 is 2.93 bits per heavy atom. The monoisotopic (exact) mass is 191 g/mol. The van der Waals surface area contributed by atoms with E-state index in [1.807, 2.05) is 0 Å². The van der Waals surface area contributed by atoms with Crippen molar-refractivity contribution < 1.29 is 4.74 Å². The van der Waals surface area contributed by atoms with E-state index in [1.165, 1.54) is 6.42 Å². The minimum Gasteiger partial charge on any atom is -0.474 e. The smallest absolute Gasteiger partial charge is 0.224 e. The molecule has 0 saturated heterocycles. The quantitative estimate of drug-likeness (QED) is 0.558. The molecule has 1 fully saturated rings. The molecule has 3 N–H and O–H groups in total. The molecule has 1 aliphatic rings. The van der Waals surface area contributed by atoms with Crippen molar-refractivity contribution >= 4 is 5.84 Å². The zero-order valence-electron chi connectivity index (χ0n) is 7.86. The largest absolute Gasteiger partial charge is 0.474 e. The highest BCUT2D eigenvalue weighted by molar-refractivity contribution is 5.96. The zero-order valence-corrected chi connectivity index (χ0v) is 7.86. The van der Waals surface area contributed by atoms with Gasteiger partial charge in [-0.3, -0.25) is 5.41 Å². The lowest BCUT2D eigenvalue weighted by atomic mass is 9.96. The molecule has 1 aromatic rings. The second-order valence-corrected chi connectivity index (χ2v) is 3.44. The van der Waals surface area contributed by atoms with Gasteiger partial charge in [0, 0.05) is 6.20 Å². The van der Waals surface area contributed by atoms with Crippen molar-refractivity contribution in [3.05, 3.63) is 23.9 Å². The van der Waals surface area contributed by atoms with Crippen LogP contribution in [0.3, 0.4) is 0 Å². The van der Waals surface area contributed by atoms with Crippen LogP contribution in [-0.4, -0.2) is 16.9 Å². The first kappa shape index (κ1) is 8.99. The average molecular weight is 191 g/mol. The molecule has 4 nitrogen and oxygen atoms in total. The minimum atomic E-state index is 0.00687. The Bertz CT molecular complexity index is 347. The summed E-state index contributed by atoms with van der Waals surface area (Å²) in [5, 5.41) is 7.35. The van der Waals surface area contributed by atoms with Gasteiger partial charge >= 0.3 is 0 Å². The van der Waals surface area contributed by atoms with Crippen LogP contribution in [0.2, 0.25) is 0 Å². The molecule has 0 spiro atoms. The van der Waals surface area contributed by atoms with Crippen molar-refractivity contribution in [1.29, 1.82) is 5.41 Å². The first-order valence-electron chi connectivity index (χ1n) is 4.73. The van der Waals surface area contributed by atoms with Gasteiger partial charge in [-0.15, -0.1) is 0 Å². The molecule has 2 rings (SSSR count). The van der Waals surface area contributed by atoms with E-state index in [-0.39, 0.29) is 11.9 Å². The van der Waals surface area contributed by atoms with Gasteiger partial charge in [0.2, 0.25) is 5.88 Å². The average Bonchev–Trinajstić information content (AvgIpc) is 2.12. The van der Waals surface area contributed by atoms with Gasteiger partial charge in [0.1, 0.15) is 11.9 Å². The molecular formula is C10H13N3O. The van der Waals surface area contributed by atoms with E-state index in [0.29, 0.717) is 11.4 Å². The number of rotatable bonds is 3. The third-order valence-electron chi connectivity index (χ3n) is 2.39. The summed E-state index contributed by atoms with van der Waals surface area (Å²) in [6.07, 6.45) is 5.29. The normalized spacial score (nSPS) is 16.0. The van der Waals surface area contributed by atoms with Crippen molar-refractivity contribution in [2.45, 2.75) is 25.4 Å². The van der Waals surface area contributed by atoms with Gasteiger partial charge in [-0.1, -0.05) is 0 Å². The Morgan fingerprint density at radius 1 is 1.57 bits per heavy atom. The Hall–Kier alpha value is -1.58. The zero-order chi connectivity index (χ0) is 9.97. The highest BCUT2D eigenvalue weighted by Gasteiger charge is 2.21. The fourth-order valence-corrected chi connectivity index (χ4v) is 1.34. The Labute approximate surface area is 82.6 Å². The van der Waals surface area contributed by atoms with Gasteiger partial charge in [-0.25, -0.2) is 4.98 Å². The van der Waals surface area contributed by atoms with Gasteiger partial charge in [0.25, 0.3) is 0 Å². The Morgan fingerprint density at radius 2 is 2.36 bits per heavy atom. The molecule has 74 valence electrons. The summed E-state index contributed by atoms with van der Waals surface area (Å²) in [5.74, 6) is 0.497. The predicted octanol–water partition coefficient (Wildman–Crippen LogP) is 1.30. The predicted molar refractivity (Wildman–Crippen MR) is 53.5 cm³/mol. The van der Waals surface area contributed by atoms with Crippen LogP contribution in [-0.2, 0) is 0 Å². The summed E-state index contributed by atoms with van der Waals surface area (Å²) in [4.78, 5) is 4.08. The first-order valence-corrected chi connectivity index (χ1v) is 4.73. The van der Waals surface area contributed by atoms with Crippen LogP contribution in [0.15, 0.2) is 18.3 Å². The lowest BCUT2D eigenvalue weighted by Crippen LogP contribution is -2.26. The third kappa shape index (κ3) is 1.69. The maximum absolute atomic E-state index is 7.35. The summed E-state index contributed by atoms with van der Waals surface area (Å²) in [6.45, 7) is 0. The summed E-state index contributed by atoms with van der Waals surface area (Å²) in [6, 6.07) is 3.51. The van der Waals surface area contributed by atoms with Crippen LogP contribution in [0.1, 0.15) is 24.8 Å². The second-order valence-electron chi connectivity index (χ2n) is 3.44. The van der Waals surface area contributed by atoms with Gasteiger partial charge in [0.05, 0.1) is 5.56 Å². The summed E-state index contributed by atoms with van der Waals surface area (Å²) in [7, 11) is 0. The number of nitrogens with one attached hydrogen (secondary N) is 1. The highest BCUT2D eigenvalue weighted by Crippen LogP contribution is 2.25. The summed E-state index contributed by atoms with van der Waals surface area (Å²) < 4.78 is 5.61. The Kier molecular flexibility index (Phi) is 2.35. The first-order chi connectivity index (χ1) is 6.77. The second kappa shape index (κ2) is 3.65. The molecule has 0 aliphatic heterocycles. The number of nitrogens with zero attached hydrogens (tertiary/aromatic N) is 1. The number of hydrogen-bond acceptors (Lipinski definition) is 3. The third-order valence-corrected chi connectivity index (χ3v) is 2.39. The van der Waals surface area contributed by atoms with E-state index < -0.39 is 0 Å². The number of nitrogen functional groups attached to an aromatic ring is 1. The van der Waals surface area contributed by atoms with Crippen molar-refractivity contribution in [3.8, 4) is 5.88 Å². The molecule has 0 unspecified atom stereocenters. The van der Waals surface area contributed by atoms with E-state index in [2.05, 4.69) is 4.98 Å². The molecule has 0 radical (unpaired) electrons. The molecule has 1 aromatic heterocycles. The molecule has 0 aromatic carbocycles. The number of hydrogen-bond donors (Lipinski definition) is 2. The standard InChI is InChI=1S/C10H13N3O/c11-9(12)8-5-2-6-13-10(8)14-7-3-1-4-7/h2,5-7H,1,3-4H2,(H3,11,12). The van der Waals surface area contributed by atoms with Gasteiger partial charge in [0.15, 0.2) is 0 Å². The summed E-state index contributed by atoms with van der Waals surface area (Å²) in [5.41, 5.74) is 6.00. The molecule has 0 amide bonds. The molecule has 0 atom stereocenters. The number of amidine groups is 1. The maximum Gasteiger partial charge on any atom is 0.224 e. The van der Waals surface area contributed by atoms with Gasteiger partial charge in [-0.05, 0) is 31.4 Å². The molecular weight excluding hydrogens is 178 g/mol. The molecule has 14 heavy (non-hydrogen) atoms. The van der Waals surface area contributed by atoms with Crippen molar-refractivity contribution in [2.24, 2.45) is 5.73 Å². The number of aromatic nitrogens is 1. The van der Waals surface area contributed by atoms with E-state index in [1.54, 1.807) is 18.3 Å². The SMILES string of the molecule is N=C(N)c1cccnc1OC1CCC1. The van der Waals surface area contributed by atoms with Crippen LogP contribution < -0.4 is 10.5 Å². The maximum atomic E-state index is 7.35. The summed E-state index contributed by atoms with van der Waals surface area (Å²) >= 11 is 0. The number of pyridine rings is 1. The number of ether oxygens (including phenoxy) is 1. The minimum absolute atomic E-state index is 0.00687. The van der Waals surface area contributed by atoms with Gasteiger partial charge in [-0.2, -0.15) is 0 Å². The van der Waals surface area contributed by atoms with Crippen molar-refractivity contribution in [3.63, 3.8) is 0 Å². The van der Waals surface area contributed by atoms with Crippen LogP contribution in [0.4, 0.5) is 0 Å². The van der Waals surface area contributed by atoms with E-state index in [4.69, 9.17) is 15.9 Å². The van der Waals surface area contributed by atoms with Crippen LogP contribution in [0.25, 0.3) is 0 Å². The lowest BCUT2D eigenvalue weighted by Gasteiger charge is -2.26. The van der Waals surface area contributed by atoms with Crippen LogP contribution >= 0.6 is 0 Å². The van der Waals surface area contributed by atoms with E-state index in [0.717, 1.165) is 12.8 Å². The molecule has 4 heteroatoms. The molecule has 1 saturated carbocycles. The van der Waals surface area contributed by atoms with E-state index >= 15 is 0 Å². The van der Waals surface area contributed by atoms with Crippen molar-refractivity contribution in [1.82, 2.24) is 4.98 Å². The fraction of sp³-hybridized carbons (Fsp3) is 0.400. The van der Waals surface area contributed by atoms with Gasteiger partial charge < -0.3 is 10.5 Å².